The lowest BCUT2D eigenvalue weighted by molar-refractivity contribution is -0.305. The molecule has 0 radical (unpaired) electrons. The number of benzene rings is 1. The Balaban J connectivity index is 1.84. The van der Waals surface area contributed by atoms with E-state index < -0.39 is 5.97 Å². The maximum absolute atomic E-state index is 12.5. The quantitative estimate of drug-likeness (QED) is 0.603. The van der Waals surface area contributed by atoms with E-state index in [1.165, 1.54) is 16.7 Å². The van der Waals surface area contributed by atoms with Gasteiger partial charge in [0.25, 0.3) is 5.91 Å². The van der Waals surface area contributed by atoms with Crippen LogP contribution in [0, 0.1) is 0 Å². The Hall–Kier alpha value is -2.12. The highest BCUT2D eigenvalue weighted by atomic mass is 32.2. The smallest absolute Gasteiger partial charge is 0.266 e. The van der Waals surface area contributed by atoms with Crippen LogP contribution in [0.25, 0.3) is 17.0 Å². The van der Waals surface area contributed by atoms with E-state index >= 15 is 0 Å². The van der Waals surface area contributed by atoms with Crippen LogP contribution in [0.15, 0.2) is 35.4 Å². The van der Waals surface area contributed by atoms with E-state index in [0.29, 0.717) is 22.2 Å². The molecule has 1 aliphatic heterocycles. The number of hydrogen-bond donors (Lipinski definition) is 0. The molecule has 1 aliphatic rings. The monoisotopic (exact) mass is 359 g/mol. The molecule has 2 aromatic rings. The number of carboxylic acid groups (broad SMARTS) is 1. The Morgan fingerprint density at radius 1 is 1.38 bits per heavy atom. The molecule has 1 saturated heterocycles. The Morgan fingerprint density at radius 3 is 2.88 bits per heavy atom. The molecule has 0 N–H and O–H groups in total. The standard InChI is InChI=1S/C17H16N2O3S2/c1-18-10-11(12-5-2-3-6-13(12)18)9-14-16(22)19(17(23)24-14)8-4-7-15(20)21/h2-3,5-6,9-10H,4,7-8H2,1H3,(H,20,21)/p-1/b14-9-. The van der Waals surface area contributed by atoms with Gasteiger partial charge in [-0.15, -0.1) is 0 Å². The second kappa shape index (κ2) is 6.78. The minimum absolute atomic E-state index is 0.0839. The van der Waals surface area contributed by atoms with Crippen LogP contribution in [0.4, 0.5) is 0 Å². The summed E-state index contributed by atoms with van der Waals surface area (Å²) in [5, 5.41) is 11.6. The zero-order chi connectivity index (χ0) is 17.3. The summed E-state index contributed by atoms with van der Waals surface area (Å²) in [7, 11) is 1.96. The molecule has 1 amide bonds. The van der Waals surface area contributed by atoms with E-state index in [0.717, 1.165) is 16.5 Å². The fourth-order valence-corrected chi connectivity index (χ4v) is 4.00. The third kappa shape index (κ3) is 3.22. The number of thioether (sulfide) groups is 1. The number of fused-ring (bicyclic) bond motifs is 1. The molecular formula is C17H15N2O3S2-. The Labute approximate surface area is 148 Å². The van der Waals surface area contributed by atoms with Gasteiger partial charge in [-0.3, -0.25) is 9.69 Å². The highest BCUT2D eigenvalue weighted by molar-refractivity contribution is 8.26. The molecule has 7 heteroatoms. The predicted molar refractivity (Wildman–Crippen MR) is 97.0 cm³/mol. The Kier molecular flexibility index (Phi) is 4.73. The summed E-state index contributed by atoms with van der Waals surface area (Å²) in [5.74, 6) is -1.29. The fraction of sp³-hybridized carbons (Fsp3) is 0.235. The van der Waals surface area contributed by atoms with Crippen molar-refractivity contribution in [1.82, 2.24) is 9.47 Å². The van der Waals surface area contributed by atoms with E-state index in [1.807, 2.05) is 48.2 Å². The van der Waals surface area contributed by atoms with Gasteiger partial charge < -0.3 is 14.5 Å². The molecule has 124 valence electrons. The van der Waals surface area contributed by atoms with Gasteiger partial charge in [-0.25, -0.2) is 0 Å². The molecule has 1 fully saturated rings. The first-order valence-corrected chi connectivity index (χ1v) is 8.69. The van der Waals surface area contributed by atoms with Crippen molar-refractivity contribution < 1.29 is 14.7 Å². The van der Waals surface area contributed by atoms with Crippen LogP contribution < -0.4 is 5.11 Å². The maximum atomic E-state index is 12.5. The van der Waals surface area contributed by atoms with Crippen LogP contribution in [0.5, 0.6) is 0 Å². The van der Waals surface area contributed by atoms with Crippen molar-refractivity contribution in [1.29, 1.82) is 0 Å². The number of aliphatic carboxylic acids is 1. The van der Waals surface area contributed by atoms with Gasteiger partial charge in [-0.2, -0.15) is 0 Å². The van der Waals surface area contributed by atoms with Crippen LogP contribution in [0.3, 0.4) is 0 Å². The summed E-state index contributed by atoms with van der Waals surface area (Å²) in [4.78, 5) is 25.0. The molecule has 0 unspecified atom stereocenters. The number of hydrogen-bond acceptors (Lipinski definition) is 5. The molecule has 5 nitrogen and oxygen atoms in total. The van der Waals surface area contributed by atoms with E-state index in [4.69, 9.17) is 12.2 Å². The number of carbonyl (C=O) groups excluding carboxylic acids is 2. The van der Waals surface area contributed by atoms with Gasteiger partial charge in [-0.1, -0.05) is 42.2 Å². The molecule has 3 rings (SSSR count). The number of nitrogens with zero attached hydrogens (tertiary/aromatic N) is 2. The second-order valence-electron chi connectivity index (χ2n) is 5.52. The molecule has 1 aromatic carbocycles. The zero-order valence-corrected chi connectivity index (χ0v) is 14.7. The summed E-state index contributed by atoms with van der Waals surface area (Å²) in [5.41, 5.74) is 2.05. The normalized spacial score (nSPS) is 16.5. The average molecular weight is 359 g/mol. The third-order valence-corrected chi connectivity index (χ3v) is 5.23. The van der Waals surface area contributed by atoms with E-state index in [9.17, 15) is 14.7 Å². The molecule has 0 saturated carbocycles. The number of aryl methyl sites for hydroxylation is 1. The predicted octanol–water partition coefficient (Wildman–Crippen LogP) is 1.91. The summed E-state index contributed by atoms with van der Waals surface area (Å²) in [6, 6.07) is 7.98. The molecular weight excluding hydrogens is 344 g/mol. The summed E-state index contributed by atoms with van der Waals surface area (Å²) < 4.78 is 2.48. The van der Waals surface area contributed by atoms with Gasteiger partial charge in [0.1, 0.15) is 4.32 Å². The number of aromatic nitrogens is 1. The van der Waals surface area contributed by atoms with Crippen molar-refractivity contribution in [3.8, 4) is 0 Å². The molecule has 1 aromatic heterocycles. The summed E-state index contributed by atoms with van der Waals surface area (Å²) in [6.45, 7) is 0.297. The van der Waals surface area contributed by atoms with Crippen LogP contribution in [-0.4, -0.2) is 32.2 Å². The number of para-hydroxylation sites is 1. The zero-order valence-electron chi connectivity index (χ0n) is 13.0. The number of carboxylic acids is 1. The lowest BCUT2D eigenvalue weighted by Crippen LogP contribution is -2.30. The van der Waals surface area contributed by atoms with Gasteiger partial charge in [0.05, 0.1) is 4.91 Å². The minimum Gasteiger partial charge on any atom is -0.550 e. The van der Waals surface area contributed by atoms with Crippen LogP contribution >= 0.6 is 24.0 Å². The van der Waals surface area contributed by atoms with Gasteiger partial charge in [-0.05, 0) is 25.0 Å². The van der Waals surface area contributed by atoms with Gasteiger partial charge in [0.2, 0.25) is 0 Å². The SMILES string of the molecule is Cn1cc(/C=C2\SC(=S)N(CCCC(=O)[O-])C2=O)c2ccccc21. The number of amides is 1. The van der Waals surface area contributed by atoms with E-state index in [2.05, 4.69) is 0 Å². The van der Waals surface area contributed by atoms with Crippen molar-refractivity contribution >= 4 is 57.2 Å². The Bertz CT molecular complexity index is 870. The lowest BCUT2D eigenvalue weighted by Gasteiger charge is -2.14. The lowest BCUT2D eigenvalue weighted by atomic mass is 10.1. The number of rotatable bonds is 5. The van der Waals surface area contributed by atoms with Crippen LogP contribution in [-0.2, 0) is 16.6 Å². The van der Waals surface area contributed by atoms with E-state index in [1.54, 1.807) is 0 Å². The molecule has 24 heavy (non-hydrogen) atoms. The van der Waals surface area contributed by atoms with Crippen molar-refractivity contribution in [2.24, 2.45) is 7.05 Å². The first-order chi connectivity index (χ1) is 11.5. The number of carbonyl (C=O) groups is 2. The molecule has 0 atom stereocenters. The average Bonchev–Trinajstić information content (AvgIpc) is 2.99. The topological polar surface area (TPSA) is 65.4 Å². The summed E-state index contributed by atoms with van der Waals surface area (Å²) >= 11 is 6.50. The van der Waals surface area contributed by atoms with Crippen LogP contribution in [0.2, 0.25) is 0 Å². The number of thiocarbonyl (C=S) groups is 1. The van der Waals surface area contributed by atoms with Crippen molar-refractivity contribution in [3.63, 3.8) is 0 Å². The molecule has 0 spiro atoms. The first-order valence-electron chi connectivity index (χ1n) is 7.46. The van der Waals surface area contributed by atoms with Gasteiger partial charge in [0.15, 0.2) is 0 Å². The Morgan fingerprint density at radius 2 is 2.12 bits per heavy atom. The highest BCUT2D eigenvalue weighted by Gasteiger charge is 2.31. The third-order valence-electron chi connectivity index (χ3n) is 3.85. The highest BCUT2D eigenvalue weighted by Crippen LogP contribution is 2.34. The largest absolute Gasteiger partial charge is 0.550 e. The second-order valence-corrected chi connectivity index (χ2v) is 7.20. The molecule has 0 bridgehead atoms. The van der Waals surface area contributed by atoms with Crippen molar-refractivity contribution in [2.45, 2.75) is 12.8 Å². The van der Waals surface area contributed by atoms with Gasteiger partial charge in [0, 0.05) is 42.2 Å². The molecule has 0 aliphatic carbocycles. The first kappa shape index (κ1) is 16.7. The minimum atomic E-state index is -1.12. The van der Waals surface area contributed by atoms with E-state index in [-0.39, 0.29) is 12.3 Å². The van der Waals surface area contributed by atoms with Crippen molar-refractivity contribution in [3.05, 3.63) is 40.9 Å². The van der Waals surface area contributed by atoms with Crippen molar-refractivity contribution in [2.75, 3.05) is 6.54 Å². The fourth-order valence-electron chi connectivity index (χ4n) is 2.70. The van der Waals surface area contributed by atoms with Crippen LogP contribution in [0.1, 0.15) is 18.4 Å². The summed E-state index contributed by atoms with van der Waals surface area (Å²) in [6.07, 6.45) is 4.07. The maximum Gasteiger partial charge on any atom is 0.266 e. The van der Waals surface area contributed by atoms with Gasteiger partial charge >= 0.3 is 0 Å². The molecule has 2 heterocycles.